The van der Waals surface area contributed by atoms with Crippen molar-refractivity contribution >= 4 is 23.2 Å². The molecule has 8 heteroatoms. The second-order valence-electron chi connectivity index (χ2n) is 6.22. The lowest BCUT2D eigenvalue weighted by atomic mass is 10.2. The molecular weight excluding hydrogens is 340 g/mol. The molecule has 1 fully saturated rings. The van der Waals surface area contributed by atoms with Gasteiger partial charge in [-0.15, -0.1) is 11.3 Å². The largest absolute Gasteiger partial charge is 0.356 e. The summed E-state index contributed by atoms with van der Waals surface area (Å²) >= 11 is 1.74. The van der Waals surface area contributed by atoms with Gasteiger partial charge in [0.15, 0.2) is 11.7 Å². The molecule has 25 heavy (non-hydrogen) atoms. The quantitative estimate of drug-likeness (QED) is 0.530. The smallest absolute Gasteiger partial charge is 0.243 e. The summed E-state index contributed by atoms with van der Waals surface area (Å²) in [6.07, 6.45) is 1.63. The summed E-state index contributed by atoms with van der Waals surface area (Å²) in [4.78, 5) is 19.0. The number of aliphatic imine (C=N–C) groups is 1. The maximum absolute atomic E-state index is 11.8. The molecule has 2 heterocycles. The number of hydrogen-bond acceptors (Lipinski definition) is 5. The van der Waals surface area contributed by atoms with Gasteiger partial charge in [0.2, 0.25) is 5.91 Å². The first-order valence-corrected chi connectivity index (χ1v) is 9.39. The molecule has 1 aliphatic rings. The fraction of sp³-hybridized carbons (Fsp3) is 0.647. The van der Waals surface area contributed by atoms with E-state index in [1.54, 1.807) is 25.4 Å². The van der Waals surface area contributed by atoms with Crippen LogP contribution < -0.4 is 10.6 Å². The number of likely N-dealkylation sites (N-methyl/N-ethyl adjacent to an activating group) is 1. The molecule has 1 saturated heterocycles. The van der Waals surface area contributed by atoms with Crippen LogP contribution in [0.5, 0.6) is 0 Å². The number of thiophene rings is 1. The highest BCUT2D eigenvalue weighted by atomic mass is 32.1. The Morgan fingerprint density at radius 3 is 2.68 bits per heavy atom. The monoisotopic (exact) mass is 368 g/mol. The van der Waals surface area contributed by atoms with Gasteiger partial charge in [-0.2, -0.15) is 0 Å². The molecule has 0 spiro atoms. The van der Waals surface area contributed by atoms with E-state index in [1.165, 1.54) is 9.78 Å². The van der Waals surface area contributed by atoms with Gasteiger partial charge < -0.3 is 25.0 Å². The summed E-state index contributed by atoms with van der Waals surface area (Å²) < 4.78 is 11.2. The number of amides is 1. The van der Waals surface area contributed by atoms with Crippen molar-refractivity contribution in [3.05, 3.63) is 22.4 Å². The number of ether oxygens (including phenoxy) is 2. The highest BCUT2D eigenvalue weighted by Gasteiger charge is 2.30. The maximum Gasteiger partial charge on any atom is 0.243 e. The van der Waals surface area contributed by atoms with E-state index >= 15 is 0 Å². The number of nitrogens with zero attached hydrogens (tertiary/aromatic N) is 2. The topological polar surface area (TPSA) is 75.2 Å². The Morgan fingerprint density at radius 1 is 1.32 bits per heavy atom. The Morgan fingerprint density at radius 2 is 2.04 bits per heavy atom. The molecular formula is C17H28N4O3S. The molecule has 0 unspecified atom stereocenters. The molecule has 0 radical (unpaired) electrons. The van der Waals surface area contributed by atoms with Crippen molar-refractivity contribution in [1.82, 2.24) is 15.5 Å². The van der Waals surface area contributed by atoms with E-state index in [1.807, 2.05) is 13.0 Å². The van der Waals surface area contributed by atoms with E-state index < -0.39 is 5.79 Å². The zero-order valence-corrected chi connectivity index (χ0v) is 16.0. The first kappa shape index (κ1) is 19.7. The van der Waals surface area contributed by atoms with Crippen molar-refractivity contribution in [3.8, 4) is 0 Å². The van der Waals surface area contributed by atoms with Gasteiger partial charge in [0.25, 0.3) is 0 Å². The SMILES string of the molecule is CN(C)C(=O)CN=C(NCCc1cccs1)NCCC1(C)OCCO1. The molecule has 1 aromatic rings. The molecule has 1 aliphatic heterocycles. The van der Waals surface area contributed by atoms with Gasteiger partial charge in [-0.25, -0.2) is 4.99 Å². The second-order valence-corrected chi connectivity index (χ2v) is 7.25. The van der Waals surface area contributed by atoms with Crippen LogP contribution >= 0.6 is 11.3 Å². The van der Waals surface area contributed by atoms with Gasteiger partial charge in [0.05, 0.1) is 13.2 Å². The van der Waals surface area contributed by atoms with Crippen molar-refractivity contribution in [2.75, 3.05) is 46.9 Å². The molecule has 1 amide bonds. The summed E-state index contributed by atoms with van der Waals surface area (Å²) in [6, 6.07) is 4.16. The molecule has 0 atom stereocenters. The summed E-state index contributed by atoms with van der Waals surface area (Å²) in [5, 5.41) is 8.61. The van der Waals surface area contributed by atoms with Crippen LogP contribution in [0.1, 0.15) is 18.2 Å². The number of hydrogen-bond donors (Lipinski definition) is 2. The Labute approximate surface area is 153 Å². The van der Waals surface area contributed by atoms with E-state index in [0.29, 0.717) is 32.1 Å². The minimum atomic E-state index is -0.533. The van der Waals surface area contributed by atoms with Crippen LogP contribution in [0.2, 0.25) is 0 Å². The molecule has 2 rings (SSSR count). The van der Waals surface area contributed by atoms with Crippen molar-refractivity contribution in [3.63, 3.8) is 0 Å². The van der Waals surface area contributed by atoms with Crippen molar-refractivity contribution < 1.29 is 14.3 Å². The molecule has 140 valence electrons. The molecule has 0 aromatic carbocycles. The van der Waals surface area contributed by atoms with Gasteiger partial charge in [0.1, 0.15) is 6.54 Å². The summed E-state index contributed by atoms with van der Waals surface area (Å²) in [7, 11) is 3.45. The summed E-state index contributed by atoms with van der Waals surface area (Å²) in [5.41, 5.74) is 0. The molecule has 1 aromatic heterocycles. The third-order valence-electron chi connectivity index (χ3n) is 3.88. The maximum atomic E-state index is 11.8. The van der Waals surface area contributed by atoms with E-state index in [4.69, 9.17) is 9.47 Å². The van der Waals surface area contributed by atoms with Gasteiger partial charge in [-0.05, 0) is 24.8 Å². The van der Waals surface area contributed by atoms with Crippen molar-refractivity contribution in [2.24, 2.45) is 4.99 Å². The zero-order valence-electron chi connectivity index (χ0n) is 15.2. The zero-order chi connectivity index (χ0) is 18.1. The highest BCUT2D eigenvalue weighted by molar-refractivity contribution is 7.09. The first-order valence-electron chi connectivity index (χ1n) is 8.51. The van der Waals surface area contributed by atoms with E-state index in [2.05, 4.69) is 27.1 Å². The van der Waals surface area contributed by atoms with E-state index in [9.17, 15) is 4.79 Å². The Bertz CT molecular complexity index is 554. The predicted molar refractivity (Wildman–Crippen MR) is 100.0 cm³/mol. The van der Waals surface area contributed by atoms with Crippen LogP contribution in [-0.4, -0.2) is 69.5 Å². The van der Waals surface area contributed by atoms with E-state index in [-0.39, 0.29) is 12.5 Å². The normalized spacial score (nSPS) is 16.7. The number of carbonyl (C=O) groups is 1. The molecule has 0 aliphatic carbocycles. The minimum absolute atomic E-state index is 0.0335. The summed E-state index contributed by atoms with van der Waals surface area (Å²) in [5.74, 6) is 0.0660. The van der Waals surface area contributed by atoms with E-state index in [0.717, 1.165) is 13.0 Å². The van der Waals surface area contributed by atoms with Crippen LogP contribution in [0.3, 0.4) is 0 Å². The van der Waals surface area contributed by atoms with Gasteiger partial charge >= 0.3 is 0 Å². The van der Waals surface area contributed by atoms with Crippen LogP contribution in [0.25, 0.3) is 0 Å². The van der Waals surface area contributed by atoms with Gasteiger partial charge in [-0.1, -0.05) is 6.07 Å². The summed E-state index contributed by atoms with van der Waals surface area (Å²) in [6.45, 7) is 4.73. The third-order valence-corrected chi connectivity index (χ3v) is 4.82. The number of carbonyl (C=O) groups excluding carboxylic acids is 1. The lowest BCUT2D eigenvalue weighted by Crippen LogP contribution is -2.42. The van der Waals surface area contributed by atoms with Crippen LogP contribution in [0, 0.1) is 0 Å². The van der Waals surface area contributed by atoms with Crippen LogP contribution in [0.4, 0.5) is 0 Å². The van der Waals surface area contributed by atoms with Gasteiger partial charge in [0, 0.05) is 38.5 Å². The number of rotatable bonds is 8. The lowest BCUT2D eigenvalue weighted by Gasteiger charge is -2.23. The van der Waals surface area contributed by atoms with Crippen LogP contribution in [0.15, 0.2) is 22.5 Å². The average molecular weight is 369 g/mol. The standard InChI is InChI=1S/C17H28N4O3S/c1-17(23-10-11-24-17)7-9-19-16(20-13-15(22)21(2)3)18-8-6-14-5-4-12-25-14/h4-5,12H,6-11,13H2,1-3H3,(H2,18,19,20). The molecule has 2 N–H and O–H groups in total. The Hall–Kier alpha value is -1.64. The first-order chi connectivity index (χ1) is 12.0. The van der Waals surface area contributed by atoms with Crippen LogP contribution in [-0.2, 0) is 20.7 Å². The fourth-order valence-electron chi connectivity index (χ4n) is 2.33. The number of guanidine groups is 1. The number of nitrogens with one attached hydrogen (secondary N) is 2. The van der Waals surface area contributed by atoms with Crippen molar-refractivity contribution in [2.45, 2.75) is 25.6 Å². The lowest BCUT2D eigenvalue weighted by molar-refractivity contribution is -0.145. The molecule has 0 bridgehead atoms. The molecule has 0 saturated carbocycles. The van der Waals surface area contributed by atoms with Gasteiger partial charge in [-0.3, -0.25) is 4.79 Å². The Balaban J connectivity index is 1.81. The highest BCUT2D eigenvalue weighted by Crippen LogP contribution is 2.21. The molecule has 7 nitrogen and oxygen atoms in total. The Kier molecular flexibility index (Phi) is 7.67. The minimum Gasteiger partial charge on any atom is -0.356 e. The average Bonchev–Trinajstić information content (AvgIpc) is 3.23. The van der Waals surface area contributed by atoms with Crippen molar-refractivity contribution in [1.29, 1.82) is 0 Å². The predicted octanol–water partition coefficient (Wildman–Crippen LogP) is 1.07. The second kappa shape index (κ2) is 9.74. The third kappa shape index (κ3) is 7.01. The fourth-order valence-corrected chi connectivity index (χ4v) is 3.04.